The van der Waals surface area contributed by atoms with Gasteiger partial charge in [0.15, 0.2) is 5.13 Å². The number of fused-ring (bicyclic) bond motifs is 1. The maximum atomic E-state index is 13.0. The Bertz CT molecular complexity index is 1070. The van der Waals surface area contributed by atoms with Crippen LogP contribution in [0.1, 0.15) is 12.8 Å². The lowest BCUT2D eigenvalue weighted by Gasteiger charge is -2.17. The first-order chi connectivity index (χ1) is 14.4. The molecule has 0 fully saturated rings. The molecule has 0 bridgehead atoms. The van der Waals surface area contributed by atoms with Crippen LogP contribution in [0.25, 0.3) is 10.2 Å². The predicted octanol–water partition coefficient (Wildman–Crippen LogP) is 3.06. The lowest BCUT2D eigenvalue weighted by atomic mass is 10.3. The molecule has 0 aliphatic rings. The molecule has 0 spiro atoms. The van der Waals surface area contributed by atoms with Gasteiger partial charge in [-0.2, -0.15) is 0 Å². The van der Waals surface area contributed by atoms with Gasteiger partial charge in [-0.1, -0.05) is 23.5 Å². The lowest BCUT2D eigenvalue weighted by molar-refractivity contribution is -0.121. The molecular formula is C20H23FN4O3S2. The number of hydrogen-bond acceptors (Lipinski definition) is 6. The average molecular weight is 451 g/mol. The fourth-order valence-electron chi connectivity index (χ4n) is 2.78. The summed E-state index contributed by atoms with van der Waals surface area (Å²) in [5, 5.41) is 6.79. The molecule has 1 amide bonds. The van der Waals surface area contributed by atoms with Crippen molar-refractivity contribution in [3.05, 3.63) is 54.3 Å². The number of nitrogens with zero attached hydrogens (tertiary/aromatic N) is 2. The van der Waals surface area contributed by atoms with Gasteiger partial charge in [0.2, 0.25) is 15.9 Å². The van der Waals surface area contributed by atoms with Crippen molar-refractivity contribution in [2.24, 2.45) is 0 Å². The zero-order valence-electron chi connectivity index (χ0n) is 16.5. The molecule has 2 N–H and O–H groups in total. The average Bonchev–Trinajstić information content (AvgIpc) is 3.14. The number of anilines is 1. The highest BCUT2D eigenvalue weighted by molar-refractivity contribution is 7.89. The second-order valence-corrected chi connectivity index (χ2v) is 9.72. The molecular weight excluding hydrogens is 427 g/mol. The fraction of sp³-hybridized carbons (Fsp3) is 0.300. The van der Waals surface area contributed by atoms with Crippen molar-refractivity contribution < 1.29 is 17.6 Å². The molecule has 7 nitrogen and oxygen atoms in total. The number of halogens is 1. The number of hydrogen-bond donors (Lipinski definition) is 2. The van der Waals surface area contributed by atoms with Gasteiger partial charge >= 0.3 is 0 Å². The molecule has 0 saturated carbocycles. The first-order valence-corrected chi connectivity index (χ1v) is 11.7. The van der Waals surface area contributed by atoms with Crippen LogP contribution in [0.3, 0.4) is 0 Å². The molecule has 2 aromatic carbocycles. The van der Waals surface area contributed by atoms with Crippen LogP contribution in [-0.4, -0.2) is 50.3 Å². The summed E-state index contributed by atoms with van der Waals surface area (Å²) in [6, 6.07) is 12.5. The second kappa shape index (κ2) is 9.96. The summed E-state index contributed by atoms with van der Waals surface area (Å²) in [7, 11) is -2.25. The Hall–Kier alpha value is -2.56. The van der Waals surface area contributed by atoms with Crippen LogP contribution in [0.2, 0.25) is 0 Å². The minimum absolute atomic E-state index is 0.0248. The summed E-state index contributed by atoms with van der Waals surface area (Å²) in [4.78, 5) is 16.5. The Labute approximate surface area is 179 Å². The van der Waals surface area contributed by atoms with Crippen LogP contribution in [0.15, 0.2) is 53.4 Å². The largest absolute Gasteiger partial charge is 0.360 e. The van der Waals surface area contributed by atoms with E-state index < -0.39 is 15.8 Å². The summed E-state index contributed by atoms with van der Waals surface area (Å²) in [6.07, 6.45) is 0.596. The van der Waals surface area contributed by atoms with Crippen LogP contribution in [0.4, 0.5) is 9.52 Å². The minimum atomic E-state index is -3.70. The van der Waals surface area contributed by atoms with Gasteiger partial charge in [-0.3, -0.25) is 4.79 Å². The molecule has 1 aromatic heterocycles. The number of para-hydroxylation sites is 1. The number of carbonyl (C=O) groups is 1. The monoisotopic (exact) mass is 450 g/mol. The standard InChI is InChI=1S/C20H23FN4O3S2/c1-25(30(27,28)16-10-8-15(21)9-11-16)14-4-7-19(26)22-12-13-23-20-24-17-5-2-3-6-18(17)29-20/h2-3,5-6,8-11H,4,7,12-14H2,1H3,(H,22,26)(H,23,24). The molecule has 3 aromatic rings. The highest BCUT2D eigenvalue weighted by Crippen LogP contribution is 2.24. The lowest BCUT2D eigenvalue weighted by Crippen LogP contribution is -2.31. The van der Waals surface area contributed by atoms with E-state index >= 15 is 0 Å². The highest BCUT2D eigenvalue weighted by atomic mass is 32.2. The van der Waals surface area contributed by atoms with Gasteiger partial charge in [0.1, 0.15) is 5.82 Å². The summed E-state index contributed by atoms with van der Waals surface area (Å²) in [5.74, 6) is -0.639. The molecule has 0 aliphatic carbocycles. The maximum absolute atomic E-state index is 13.0. The Kier molecular flexibility index (Phi) is 7.35. The number of aromatic nitrogens is 1. The number of thiazole rings is 1. The van der Waals surface area contributed by atoms with Crippen LogP contribution in [-0.2, 0) is 14.8 Å². The molecule has 1 heterocycles. The number of amides is 1. The van der Waals surface area contributed by atoms with E-state index in [0.717, 1.165) is 27.5 Å². The zero-order valence-corrected chi connectivity index (χ0v) is 18.1. The quantitative estimate of drug-likeness (QED) is 0.463. The van der Waals surface area contributed by atoms with Crippen LogP contribution in [0.5, 0.6) is 0 Å². The summed E-state index contributed by atoms with van der Waals surface area (Å²) < 4.78 is 40.1. The predicted molar refractivity (Wildman–Crippen MR) is 117 cm³/mol. The van der Waals surface area contributed by atoms with Crippen LogP contribution in [0, 0.1) is 5.82 Å². The second-order valence-electron chi connectivity index (χ2n) is 6.65. The third kappa shape index (κ3) is 5.74. The van der Waals surface area contributed by atoms with E-state index in [1.54, 1.807) is 11.3 Å². The molecule has 3 rings (SSSR count). The topological polar surface area (TPSA) is 91.4 Å². The van der Waals surface area contributed by atoms with E-state index in [1.807, 2.05) is 24.3 Å². The van der Waals surface area contributed by atoms with Crippen molar-refractivity contribution in [3.63, 3.8) is 0 Å². The number of rotatable bonds is 10. The number of benzene rings is 2. The molecule has 0 atom stereocenters. The third-order valence-corrected chi connectivity index (χ3v) is 7.28. The van der Waals surface area contributed by atoms with Crippen molar-refractivity contribution in [1.82, 2.24) is 14.6 Å². The smallest absolute Gasteiger partial charge is 0.242 e. The maximum Gasteiger partial charge on any atom is 0.242 e. The molecule has 30 heavy (non-hydrogen) atoms. The summed E-state index contributed by atoms with van der Waals surface area (Å²) in [5.41, 5.74) is 0.939. The molecule has 0 aliphatic heterocycles. The molecule has 0 unspecified atom stereocenters. The van der Waals surface area contributed by atoms with Gasteiger partial charge in [0.05, 0.1) is 15.1 Å². The molecule has 160 valence electrons. The van der Waals surface area contributed by atoms with Gasteiger partial charge in [-0.15, -0.1) is 0 Å². The van der Waals surface area contributed by atoms with E-state index in [-0.39, 0.29) is 23.8 Å². The van der Waals surface area contributed by atoms with Crippen LogP contribution >= 0.6 is 11.3 Å². The van der Waals surface area contributed by atoms with Crippen molar-refractivity contribution in [2.75, 3.05) is 32.0 Å². The van der Waals surface area contributed by atoms with E-state index in [0.29, 0.717) is 19.5 Å². The Morgan fingerprint density at radius 2 is 1.87 bits per heavy atom. The van der Waals surface area contributed by atoms with Crippen molar-refractivity contribution in [2.45, 2.75) is 17.7 Å². The first kappa shape index (κ1) is 22.1. The van der Waals surface area contributed by atoms with Gasteiger partial charge < -0.3 is 10.6 Å². The number of sulfonamides is 1. The van der Waals surface area contributed by atoms with Crippen molar-refractivity contribution in [3.8, 4) is 0 Å². The van der Waals surface area contributed by atoms with E-state index in [4.69, 9.17) is 0 Å². The van der Waals surface area contributed by atoms with E-state index in [1.165, 1.54) is 23.5 Å². The molecule has 10 heteroatoms. The van der Waals surface area contributed by atoms with Gasteiger partial charge in [-0.05, 0) is 42.8 Å². The SMILES string of the molecule is CN(CCCC(=O)NCCNc1nc2ccccc2s1)S(=O)(=O)c1ccc(F)cc1. The summed E-state index contributed by atoms with van der Waals surface area (Å²) >= 11 is 1.56. The summed E-state index contributed by atoms with van der Waals surface area (Å²) in [6.45, 7) is 1.18. The Balaban J connectivity index is 1.35. The first-order valence-electron chi connectivity index (χ1n) is 9.44. The Morgan fingerprint density at radius 3 is 2.60 bits per heavy atom. The number of nitrogens with one attached hydrogen (secondary N) is 2. The van der Waals surface area contributed by atoms with E-state index in [2.05, 4.69) is 15.6 Å². The van der Waals surface area contributed by atoms with Crippen molar-refractivity contribution >= 4 is 42.6 Å². The number of carbonyl (C=O) groups excluding carboxylic acids is 1. The molecule has 0 saturated heterocycles. The fourth-order valence-corrected chi connectivity index (χ4v) is 4.88. The van der Waals surface area contributed by atoms with Crippen LogP contribution < -0.4 is 10.6 Å². The van der Waals surface area contributed by atoms with Gasteiger partial charge in [0.25, 0.3) is 0 Å². The van der Waals surface area contributed by atoms with Crippen molar-refractivity contribution in [1.29, 1.82) is 0 Å². The highest BCUT2D eigenvalue weighted by Gasteiger charge is 2.20. The normalized spacial score (nSPS) is 11.7. The third-order valence-electron chi connectivity index (χ3n) is 4.42. The molecule has 0 radical (unpaired) electrons. The Morgan fingerprint density at radius 1 is 1.13 bits per heavy atom. The van der Waals surface area contributed by atoms with Gasteiger partial charge in [0, 0.05) is 33.1 Å². The minimum Gasteiger partial charge on any atom is -0.360 e. The van der Waals surface area contributed by atoms with E-state index in [9.17, 15) is 17.6 Å². The zero-order chi connectivity index (χ0) is 21.6. The van der Waals surface area contributed by atoms with Gasteiger partial charge in [-0.25, -0.2) is 22.1 Å².